The molecule has 1 rings (SSSR count). The fourth-order valence-electron chi connectivity index (χ4n) is 1.50. The first-order valence-electron chi connectivity index (χ1n) is 5.47. The van der Waals surface area contributed by atoms with Gasteiger partial charge in [0, 0.05) is 11.5 Å². The van der Waals surface area contributed by atoms with Crippen LogP contribution in [0.15, 0.2) is 30.3 Å². The van der Waals surface area contributed by atoms with Gasteiger partial charge in [-0.05, 0) is 25.0 Å². The molecule has 21 heavy (non-hydrogen) atoms. The van der Waals surface area contributed by atoms with Crippen LogP contribution in [0.3, 0.4) is 0 Å². The first-order valence-corrected chi connectivity index (χ1v) is 5.47. The molecule has 0 saturated heterocycles. The number of hydrogen-bond acceptors (Lipinski definition) is 6. The maximum absolute atomic E-state index is 11.9. The molecule has 9 heteroatoms. The smallest absolute Gasteiger partial charge is 0.550 e. The number of hydrazine groups is 1. The van der Waals surface area contributed by atoms with E-state index in [2.05, 4.69) is 0 Å². The molecule has 0 unspecified atom stereocenters. The topological polar surface area (TPSA) is 127 Å². The van der Waals surface area contributed by atoms with E-state index >= 15 is 0 Å². The Hall–Kier alpha value is -0.410. The third-order valence-corrected chi connectivity index (χ3v) is 2.49. The minimum absolute atomic E-state index is 0. The van der Waals surface area contributed by atoms with Gasteiger partial charge in [-0.15, -0.1) is 0 Å². The van der Waals surface area contributed by atoms with E-state index in [1.807, 2.05) is 0 Å². The van der Waals surface area contributed by atoms with E-state index in [1.165, 1.54) is 12.1 Å². The van der Waals surface area contributed by atoms with Gasteiger partial charge in [-0.2, -0.15) is 0 Å². The Balaban J connectivity index is 0. The molecule has 0 aliphatic carbocycles. The van der Waals surface area contributed by atoms with Crippen LogP contribution < -0.4 is 75.2 Å². The van der Waals surface area contributed by atoms with Crippen LogP contribution in [0.5, 0.6) is 0 Å². The number of carboxylic acid groups (broad SMARTS) is 2. The minimum atomic E-state index is -1.62. The van der Waals surface area contributed by atoms with E-state index in [-0.39, 0.29) is 71.1 Å². The molecule has 2 N–H and O–H groups in total. The SMILES string of the molecule is NN(C(=O)c1ccccc1)[C@@H](CCC(=O)[O-])C(=O)[O-].[Na+].[Na+]. The predicted molar refractivity (Wildman–Crippen MR) is 59.8 cm³/mol. The van der Waals surface area contributed by atoms with Crippen molar-refractivity contribution in [3.63, 3.8) is 0 Å². The second kappa shape index (κ2) is 11.2. The van der Waals surface area contributed by atoms with E-state index in [1.54, 1.807) is 18.2 Å². The molecule has 1 atom stereocenters. The van der Waals surface area contributed by atoms with Crippen molar-refractivity contribution >= 4 is 17.8 Å². The third kappa shape index (κ3) is 7.42. The predicted octanol–water partition coefficient (Wildman–Crippen LogP) is -8.34. The van der Waals surface area contributed by atoms with Crippen LogP contribution in [0, 0.1) is 0 Å². The molecule has 102 valence electrons. The van der Waals surface area contributed by atoms with Crippen molar-refractivity contribution in [1.29, 1.82) is 0 Å². The summed E-state index contributed by atoms with van der Waals surface area (Å²) in [5.74, 6) is 1.66. The van der Waals surface area contributed by atoms with Gasteiger partial charge in [0.15, 0.2) is 0 Å². The molecule has 0 aliphatic rings. The minimum Gasteiger partial charge on any atom is -0.550 e. The largest absolute Gasteiger partial charge is 1.00 e. The van der Waals surface area contributed by atoms with Gasteiger partial charge in [-0.3, -0.25) is 9.80 Å². The summed E-state index contributed by atoms with van der Waals surface area (Å²) >= 11 is 0. The van der Waals surface area contributed by atoms with Crippen molar-refractivity contribution in [3.05, 3.63) is 35.9 Å². The molecular formula is C12H12N2Na2O5. The van der Waals surface area contributed by atoms with E-state index in [9.17, 15) is 24.6 Å². The number of rotatable bonds is 6. The van der Waals surface area contributed by atoms with Crippen molar-refractivity contribution in [2.75, 3.05) is 0 Å². The summed E-state index contributed by atoms with van der Waals surface area (Å²) in [6, 6.07) is 6.28. The Morgan fingerprint density at radius 1 is 1.10 bits per heavy atom. The van der Waals surface area contributed by atoms with E-state index in [0.717, 1.165) is 0 Å². The molecule has 0 saturated carbocycles. The van der Waals surface area contributed by atoms with Gasteiger partial charge in [-0.25, -0.2) is 5.84 Å². The molecule has 0 radical (unpaired) electrons. The van der Waals surface area contributed by atoms with Gasteiger partial charge in [0.1, 0.15) is 0 Å². The second-order valence-corrected chi connectivity index (χ2v) is 3.82. The number of carbonyl (C=O) groups excluding carboxylic acids is 3. The molecule has 0 heterocycles. The van der Waals surface area contributed by atoms with Gasteiger partial charge in [0.25, 0.3) is 5.91 Å². The van der Waals surface area contributed by atoms with Crippen molar-refractivity contribution < 1.29 is 83.7 Å². The van der Waals surface area contributed by atoms with E-state index in [0.29, 0.717) is 5.01 Å². The summed E-state index contributed by atoms with van der Waals surface area (Å²) in [5.41, 5.74) is 0.199. The van der Waals surface area contributed by atoms with Crippen LogP contribution in [-0.2, 0) is 9.59 Å². The van der Waals surface area contributed by atoms with Crippen LogP contribution in [0.2, 0.25) is 0 Å². The zero-order chi connectivity index (χ0) is 14.4. The fraction of sp³-hybridized carbons (Fsp3) is 0.250. The van der Waals surface area contributed by atoms with Crippen LogP contribution >= 0.6 is 0 Å². The third-order valence-electron chi connectivity index (χ3n) is 2.49. The standard InChI is InChI=1S/C12H14N2O5.2Na/c13-14(9(12(18)19)6-7-10(15)16)11(17)8-4-2-1-3-5-8;;/h1-5,9H,6-7,13H2,(H,15,16)(H,18,19);;/q;2*+1/p-2/t9-;;/m0../s1. The van der Waals surface area contributed by atoms with Gasteiger partial charge in [0.05, 0.1) is 12.0 Å². The molecule has 0 bridgehead atoms. The normalized spacial score (nSPS) is 10.5. The van der Waals surface area contributed by atoms with Crippen LogP contribution in [-0.4, -0.2) is 28.9 Å². The summed E-state index contributed by atoms with van der Waals surface area (Å²) in [6.07, 6.45) is -0.909. The van der Waals surface area contributed by atoms with Gasteiger partial charge in [-0.1, -0.05) is 18.2 Å². The number of carbonyl (C=O) groups is 3. The Bertz CT molecular complexity index is 484. The summed E-state index contributed by atoms with van der Waals surface area (Å²) in [5, 5.41) is 21.7. The summed E-state index contributed by atoms with van der Waals surface area (Å²) in [7, 11) is 0. The summed E-state index contributed by atoms with van der Waals surface area (Å²) in [6.45, 7) is 0. The first-order chi connectivity index (χ1) is 8.93. The molecule has 0 spiro atoms. The Morgan fingerprint density at radius 2 is 1.62 bits per heavy atom. The first kappa shape index (κ1) is 22.9. The average Bonchev–Trinajstić information content (AvgIpc) is 2.38. The quantitative estimate of drug-likeness (QED) is 0.241. The number of aliphatic carboxylic acids is 2. The van der Waals surface area contributed by atoms with E-state index < -0.39 is 30.3 Å². The van der Waals surface area contributed by atoms with Crippen LogP contribution in [0.1, 0.15) is 23.2 Å². The zero-order valence-electron chi connectivity index (χ0n) is 11.9. The number of carboxylic acids is 2. The number of benzene rings is 1. The Morgan fingerprint density at radius 3 is 2.05 bits per heavy atom. The van der Waals surface area contributed by atoms with Gasteiger partial charge in [0.2, 0.25) is 0 Å². The average molecular weight is 310 g/mol. The van der Waals surface area contributed by atoms with Crippen molar-refractivity contribution in [2.45, 2.75) is 18.9 Å². The molecule has 1 aromatic carbocycles. The van der Waals surface area contributed by atoms with Crippen molar-refractivity contribution in [1.82, 2.24) is 5.01 Å². The molecule has 1 amide bonds. The number of nitrogens with zero attached hydrogens (tertiary/aromatic N) is 1. The Kier molecular flexibility index (Phi) is 12.2. The zero-order valence-corrected chi connectivity index (χ0v) is 15.9. The van der Waals surface area contributed by atoms with E-state index in [4.69, 9.17) is 5.84 Å². The molecule has 0 aliphatic heterocycles. The molecule has 0 fully saturated rings. The van der Waals surface area contributed by atoms with Crippen molar-refractivity contribution in [2.24, 2.45) is 5.84 Å². The number of amides is 1. The maximum atomic E-state index is 11.9. The summed E-state index contributed by atoms with van der Waals surface area (Å²) < 4.78 is 0. The Labute approximate surface area is 166 Å². The maximum Gasteiger partial charge on any atom is 1.00 e. The fourth-order valence-corrected chi connectivity index (χ4v) is 1.50. The number of hydrogen-bond donors (Lipinski definition) is 1. The molecule has 1 aromatic rings. The summed E-state index contributed by atoms with van der Waals surface area (Å²) in [4.78, 5) is 33.1. The van der Waals surface area contributed by atoms with Crippen LogP contribution in [0.25, 0.3) is 0 Å². The monoisotopic (exact) mass is 310 g/mol. The number of nitrogens with two attached hydrogens (primary N) is 1. The van der Waals surface area contributed by atoms with Crippen LogP contribution in [0.4, 0.5) is 0 Å². The van der Waals surface area contributed by atoms with Gasteiger partial charge < -0.3 is 19.8 Å². The van der Waals surface area contributed by atoms with Gasteiger partial charge >= 0.3 is 59.1 Å². The molecular weight excluding hydrogens is 298 g/mol. The second-order valence-electron chi connectivity index (χ2n) is 3.82. The van der Waals surface area contributed by atoms with Crippen molar-refractivity contribution in [3.8, 4) is 0 Å². The molecule has 7 nitrogen and oxygen atoms in total. The molecule has 0 aromatic heterocycles.